The molecule has 1 unspecified atom stereocenters. The van der Waals surface area contributed by atoms with Crippen molar-refractivity contribution in [3.63, 3.8) is 0 Å². The number of nitrogens with zero attached hydrogens (tertiary/aromatic N) is 1. The summed E-state index contributed by atoms with van der Waals surface area (Å²) >= 11 is 1.67. The molecule has 22 heavy (non-hydrogen) atoms. The lowest BCUT2D eigenvalue weighted by Gasteiger charge is -2.25. The van der Waals surface area contributed by atoms with Gasteiger partial charge in [-0.05, 0) is 60.2 Å². The molecule has 0 saturated carbocycles. The summed E-state index contributed by atoms with van der Waals surface area (Å²) in [5.74, 6) is 0.701. The summed E-state index contributed by atoms with van der Waals surface area (Å²) < 4.78 is 0. The molecule has 2 aromatic carbocycles. The van der Waals surface area contributed by atoms with Crippen LogP contribution in [-0.4, -0.2) is 11.7 Å². The fourth-order valence-electron chi connectivity index (χ4n) is 3.37. The number of anilines is 2. The zero-order valence-corrected chi connectivity index (χ0v) is 13.1. The maximum absolute atomic E-state index is 12.4. The second kappa shape index (κ2) is 5.36. The first kappa shape index (κ1) is 13.7. The smallest absolute Gasteiger partial charge is 0.238 e. The van der Waals surface area contributed by atoms with Crippen molar-refractivity contribution in [2.24, 2.45) is 0 Å². The molecule has 2 N–H and O–H groups in total. The Morgan fingerprint density at radius 1 is 1.09 bits per heavy atom. The van der Waals surface area contributed by atoms with Gasteiger partial charge < -0.3 is 5.73 Å². The van der Waals surface area contributed by atoms with Gasteiger partial charge in [0.1, 0.15) is 5.37 Å². The lowest BCUT2D eigenvalue weighted by molar-refractivity contribution is -0.115. The van der Waals surface area contributed by atoms with Gasteiger partial charge in [-0.2, -0.15) is 0 Å². The van der Waals surface area contributed by atoms with Crippen LogP contribution in [0, 0.1) is 0 Å². The molecule has 0 bridgehead atoms. The number of benzene rings is 2. The molecule has 0 spiro atoms. The molecular formula is C18H18N2OS. The van der Waals surface area contributed by atoms with Crippen molar-refractivity contribution in [3.8, 4) is 0 Å². The summed E-state index contributed by atoms with van der Waals surface area (Å²) in [5, 5.41) is 0.0236. The Labute approximate surface area is 134 Å². The molecule has 4 rings (SSSR count). The normalized spacial score (nSPS) is 20.5. The number of fused-ring (bicyclic) bond motifs is 1. The molecule has 0 radical (unpaired) electrons. The molecule has 1 aliphatic carbocycles. The molecule has 112 valence electrons. The summed E-state index contributed by atoms with van der Waals surface area (Å²) in [5.41, 5.74) is 11.6. The molecular weight excluding hydrogens is 292 g/mol. The number of thioether (sulfide) groups is 1. The highest BCUT2D eigenvalue weighted by Crippen LogP contribution is 2.43. The summed E-state index contributed by atoms with van der Waals surface area (Å²) in [6.45, 7) is 0. The third-order valence-electron chi connectivity index (χ3n) is 4.42. The molecule has 1 saturated heterocycles. The first-order chi connectivity index (χ1) is 10.7. The fraction of sp³-hybridized carbons (Fsp3) is 0.278. The van der Waals surface area contributed by atoms with E-state index < -0.39 is 0 Å². The van der Waals surface area contributed by atoms with E-state index in [0.29, 0.717) is 5.75 Å². The molecule has 1 amide bonds. The van der Waals surface area contributed by atoms with Gasteiger partial charge in [0.15, 0.2) is 0 Å². The van der Waals surface area contributed by atoms with Crippen LogP contribution in [0.1, 0.15) is 28.5 Å². The number of hydrogen-bond donors (Lipinski definition) is 1. The van der Waals surface area contributed by atoms with E-state index in [4.69, 9.17) is 5.73 Å². The molecule has 2 aliphatic rings. The van der Waals surface area contributed by atoms with Crippen LogP contribution < -0.4 is 10.6 Å². The Balaban J connectivity index is 1.73. The van der Waals surface area contributed by atoms with Crippen molar-refractivity contribution in [2.45, 2.75) is 24.6 Å². The largest absolute Gasteiger partial charge is 0.399 e. The zero-order valence-electron chi connectivity index (χ0n) is 12.3. The third kappa shape index (κ3) is 2.28. The monoisotopic (exact) mass is 310 g/mol. The average molecular weight is 310 g/mol. The highest BCUT2D eigenvalue weighted by atomic mass is 32.2. The molecule has 0 aromatic heterocycles. The lowest BCUT2D eigenvalue weighted by Crippen LogP contribution is -2.27. The number of carbonyl (C=O) groups excluding carboxylic acids is 1. The van der Waals surface area contributed by atoms with Crippen LogP contribution in [0.25, 0.3) is 0 Å². The molecule has 4 heteroatoms. The van der Waals surface area contributed by atoms with Crippen molar-refractivity contribution in [3.05, 3.63) is 59.2 Å². The van der Waals surface area contributed by atoms with Crippen molar-refractivity contribution in [1.29, 1.82) is 0 Å². The number of aryl methyl sites for hydroxylation is 2. The first-order valence-corrected chi connectivity index (χ1v) is 8.68. The minimum absolute atomic E-state index is 0.0236. The van der Waals surface area contributed by atoms with E-state index in [-0.39, 0.29) is 11.3 Å². The summed E-state index contributed by atoms with van der Waals surface area (Å²) in [6.07, 6.45) is 3.51. The van der Waals surface area contributed by atoms with Crippen LogP contribution in [0.2, 0.25) is 0 Å². The van der Waals surface area contributed by atoms with E-state index in [1.807, 2.05) is 29.2 Å². The van der Waals surface area contributed by atoms with Gasteiger partial charge >= 0.3 is 0 Å². The van der Waals surface area contributed by atoms with E-state index in [1.165, 1.54) is 17.5 Å². The van der Waals surface area contributed by atoms with Gasteiger partial charge in [0.25, 0.3) is 0 Å². The number of rotatable bonds is 2. The quantitative estimate of drug-likeness (QED) is 0.863. The maximum Gasteiger partial charge on any atom is 0.238 e. The number of hydrogen-bond acceptors (Lipinski definition) is 3. The number of carbonyl (C=O) groups is 1. The van der Waals surface area contributed by atoms with E-state index in [0.717, 1.165) is 29.8 Å². The van der Waals surface area contributed by atoms with E-state index in [9.17, 15) is 4.79 Å². The second-order valence-electron chi connectivity index (χ2n) is 5.90. The van der Waals surface area contributed by atoms with Crippen LogP contribution in [-0.2, 0) is 17.6 Å². The first-order valence-electron chi connectivity index (χ1n) is 7.63. The summed E-state index contributed by atoms with van der Waals surface area (Å²) in [7, 11) is 0. The minimum Gasteiger partial charge on any atom is -0.399 e. The van der Waals surface area contributed by atoms with Gasteiger partial charge in [-0.15, -0.1) is 11.8 Å². The lowest BCUT2D eigenvalue weighted by atomic mass is 10.1. The van der Waals surface area contributed by atoms with Crippen molar-refractivity contribution in [2.75, 3.05) is 16.4 Å². The molecule has 1 fully saturated rings. The van der Waals surface area contributed by atoms with Crippen molar-refractivity contribution in [1.82, 2.24) is 0 Å². The van der Waals surface area contributed by atoms with Crippen LogP contribution in [0.4, 0.5) is 11.4 Å². The van der Waals surface area contributed by atoms with Gasteiger partial charge in [-0.1, -0.05) is 18.2 Å². The fourth-order valence-corrected chi connectivity index (χ4v) is 4.54. The highest BCUT2D eigenvalue weighted by Gasteiger charge is 2.34. The summed E-state index contributed by atoms with van der Waals surface area (Å²) in [4.78, 5) is 14.3. The highest BCUT2D eigenvalue weighted by molar-refractivity contribution is 8.00. The van der Waals surface area contributed by atoms with E-state index >= 15 is 0 Å². The standard InChI is InChI=1S/C18H18N2OS/c19-15-6-2-5-14(9-15)18-20(17(21)11-22-18)16-8-7-12-3-1-4-13(12)10-16/h2,5-10,18H,1,3-4,11,19H2. The van der Waals surface area contributed by atoms with Gasteiger partial charge in [-0.3, -0.25) is 9.69 Å². The van der Waals surface area contributed by atoms with Gasteiger partial charge in [0, 0.05) is 11.4 Å². The predicted octanol–water partition coefficient (Wildman–Crippen LogP) is 3.54. The Bertz CT molecular complexity index is 744. The maximum atomic E-state index is 12.4. The van der Waals surface area contributed by atoms with Crippen LogP contribution in [0.5, 0.6) is 0 Å². The van der Waals surface area contributed by atoms with Crippen LogP contribution in [0.15, 0.2) is 42.5 Å². The number of amides is 1. The van der Waals surface area contributed by atoms with Gasteiger partial charge in [-0.25, -0.2) is 0 Å². The molecule has 1 atom stereocenters. The topological polar surface area (TPSA) is 46.3 Å². The van der Waals surface area contributed by atoms with Crippen molar-refractivity contribution >= 4 is 29.0 Å². The Hall–Kier alpha value is -1.94. The third-order valence-corrected chi connectivity index (χ3v) is 5.64. The minimum atomic E-state index is 0.0236. The van der Waals surface area contributed by atoms with Crippen molar-refractivity contribution < 1.29 is 4.79 Å². The van der Waals surface area contributed by atoms with Crippen LogP contribution >= 0.6 is 11.8 Å². The number of nitrogens with two attached hydrogens (primary N) is 1. The average Bonchev–Trinajstić information content (AvgIpc) is 3.12. The van der Waals surface area contributed by atoms with Crippen LogP contribution in [0.3, 0.4) is 0 Å². The molecule has 3 nitrogen and oxygen atoms in total. The zero-order chi connectivity index (χ0) is 15.1. The Morgan fingerprint density at radius 3 is 2.82 bits per heavy atom. The van der Waals surface area contributed by atoms with E-state index in [2.05, 4.69) is 18.2 Å². The SMILES string of the molecule is Nc1cccc(C2SCC(=O)N2c2ccc3c(c2)CCC3)c1. The summed E-state index contributed by atoms with van der Waals surface area (Å²) in [6, 6.07) is 14.3. The Kier molecular flexibility index (Phi) is 3.34. The Morgan fingerprint density at radius 2 is 1.95 bits per heavy atom. The molecule has 1 aliphatic heterocycles. The van der Waals surface area contributed by atoms with Gasteiger partial charge in [0.05, 0.1) is 5.75 Å². The number of nitrogen functional groups attached to an aromatic ring is 1. The van der Waals surface area contributed by atoms with Gasteiger partial charge in [0.2, 0.25) is 5.91 Å². The van der Waals surface area contributed by atoms with E-state index in [1.54, 1.807) is 11.8 Å². The molecule has 1 heterocycles. The predicted molar refractivity (Wildman–Crippen MR) is 92.0 cm³/mol. The second-order valence-corrected chi connectivity index (χ2v) is 6.97. The molecule has 2 aromatic rings.